The third-order valence-electron chi connectivity index (χ3n) is 6.93. The zero-order valence-corrected chi connectivity index (χ0v) is 21.7. The number of halogens is 2. The van der Waals surface area contributed by atoms with Crippen LogP contribution in [0, 0.1) is 18.6 Å². The molecule has 1 N–H and O–H groups in total. The highest BCUT2D eigenvalue weighted by molar-refractivity contribution is 6.26. The molecule has 5 rings (SSSR count). The number of allylic oxidation sites excluding steroid dienone is 3. The van der Waals surface area contributed by atoms with E-state index in [2.05, 4.69) is 10.3 Å². The molecule has 1 aliphatic carbocycles. The maximum absolute atomic E-state index is 13.6. The van der Waals surface area contributed by atoms with Crippen LogP contribution in [0.15, 0.2) is 76.2 Å². The number of Topliss-reactive ketones (excluding diaryl/α,β-unsaturated/α-hetero) is 2. The highest BCUT2D eigenvalue weighted by Gasteiger charge is 2.25. The number of rotatable bonds is 8. The van der Waals surface area contributed by atoms with Crippen LogP contribution in [0.5, 0.6) is 0 Å². The summed E-state index contributed by atoms with van der Waals surface area (Å²) in [6.07, 6.45) is 5.91. The van der Waals surface area contributed by atoms with Crippen molar-refractivity contribution < 1.29 is 23.2 Å². The van der Waals surface area contributed by atoms with Crippen LogP contribution < -0.4 is 10.9 Å². The maximum Gasteiger partial charge on any atom is 0.261 e. The number of hydrogen-bond acceptors (Lipinski definition) is 5. The highest BCUT2D eigenvalue weighted by atomic mass is 19.2. The number of carbonyl (C=O) groups is 3. The highest BCUT2D eigenvalue weighted by Crippen LogP contribution is 2.33. The lowest BCUT2D eigenvalue weighted by Gasteiger charge is -2.12. The Morgan fingerprint density at radius 2 is 1.85 bits per heavy atom. The Balaban J connectivity index is 1.25. The Labute approximate surface area is 228 Å². The minimum Gasteiger partial charge on any atom is -0.326 e. The van der Waals surface area contributed by atoms with E-state index in [1.807, 2.05) is 6.08 Å². The number of anilines is 1. The van der Waals surface area contributed by atoms with Gasteiger partial charge in [0.25, 0.3) is 5.56 Å². The molecule has 202 valence electrons. The van der Waals surface area contributed by atoms with Crippen molar-refractivity contribution in [2.75, 3.05) is 5.32 Å². The molecule has 3 aromatic rings. The number of ketones is 2. The van der Waals surface area contributed by atoms with E-state index < -0.39 is 28.9 Å². The number of amides is 1. The molecule has 2 aromatic carbocycles. The molecule has 0 bridgehead atoms. The summed E-state index contributed by atoms with van der Waals surface area (Å²) in [5.41, 5.74) is 3.91. The van der Waals surface area contributed by atoms with Gasteiger partial charge in [-0.15, -0.1) is 0 Å². The van der Waals surface area contributed by atoms with Gasteiger partial charge >= 0.3 is 0 Å². The number of pyridine rings is 1. The van der Waals surface area contributed by atoms with Crippen molar-refractivity contribution >= 4 is 34.9 Å². The Bertz CT molecular complexity index is 1720. The topological polar surface area (TPSA) is 97.6 Å². The first kappa shape index (κ1) is 26.8. The van der Waals surface area contributed by atoms with Crippen molar-refractivity contribution in [1.82, 2.24) is 4.57 Å². The monoisotopic (exact) mass is 541 g/mol. The summed E-state index contributed by atoms with van der Waals surface area (Å²) in [5.74, 6) is -2.92. The molecule has 0 fully saturated rings. The van der Waals surface area contributed by atoms with Crippen LogP contribution in [0.4, 0.5) is 14.5 Å². The minimum atomic E-state index is -1.02. The molecule has 1 aliphatic heterocycles. The lowest BCUT2D eigenvalue weighted by molar-refractivity contribution is -0.116. The summed E-state index contributed by atoms with van der Waals surface area (Å²) in [6.45, 7) is 1.64. The second-order valence-electron chi connectivity index (χ2n) is 9.77. The Morgan fingerprint density at radius 3 is 2.60 bits per heavy atom. The van der Waals surface area contributed by atoms with Gasteiger partial charge in [-0.25, -0.2) is 8.78 Å². The van der Waals surface area contributed by atoms with E-state index in [1.165, 1.54) is 16.7 Å². The molecule has 0 unspecified atom stereocenters. The van der Waals surface area contributed by atoms with Crippen LogP contribution in [-0.4, -0.2) is 28.3 Å². The van der Waals surface area contributed by atoms with E-state index in [0.717, 1.165) is 28.8 Å². The fourth-order valence-electron chi connectivity index (χ4n) is 4.76. The van der Waals surface area contributed by atoms with Gasteiger partial charge in [0.1, 0.15) is 0 Å². The van der Waals surface area contributed by atoms with Gasteiger partial charge in [0.15, 0.2) is 23.2 Å². The number of hydrogen-bond donors (Lipinski definition) is 1. The van der Waals surface area contributed by atoms with E-state index >= 15 is 0 Å². The first-order chi connectivity index (χ1) is 19.2. The fourth-order valence-corrected chi connectivity index (χ4v) is 4.76. The average molecular weight is 542 g/mol. The van der Waals surface area contributed by atoms with Crippen LogP contribution in [0.1, 0.15) is 52.0 Å². The van der Waals surface area contributed by atoms with Gasteiger partial charge in [-0.3, -0.25) is 24.2 Å². The summed E-state index contributed by atoms with van der Waals surface area (Å²) in [4.78, 5) is 55.2. The zero-order chi connectivity index (χ0) is 28.4. The predicted molar refractivity (Wildman–Crippen MR) is 147 cm³/mol. The van der Waals surface area contributed by atoms with Crippen molar-refractivity contribution in [3.05, 3.63) is 116 Å². The second-order valence-corrected chi connectivity index (χ2v) is 9.77. The normalized spacial score (nSPS) is 14.9. The van der Waals surface area contributed by atoms with Gasteiger partial charge in [-0.05, 0) is 71.7 Å². The van der Waals surface area contributed by atoms with Gasteiger partial charge in [-0.2, -0.15) is 0 Å². The third kappa shape index (κ3) is 5.63. The van der Waals surface area contributed by atoms with Gasteiger partial charge < -0.3 is 9.88 Å². The fraction of sp³-hybridized carbons (Fsp3) is 0.194. The lowest BCUT2D eigenvalue weighted by Crippen LogP contribution is -2.28. The standard InChI is InChI=1S/C31H25F2N3O4/c1-18-2-6-23(31(40)36(18)17-20-3-7-26(32)27(33)13-20)28(37)8-9-30(39)35-22-5-4-21-14-29(38)25(24(21)15-22)12-19-10-11-34-16-19/h2-7,11-13,15-16H,8-10,14,17H2,1H3,(H,35,39)/b25-12-. The number of nitrogens with zero attached hydrogens (tertiary/aromatic N) is 2. The number of nitrogens with one attached hydrogen (secondary N) is 1. The molecule has 7 nitrogen and oxygen atoms in total. The van der Waals surface area contributed by atoms with Gasteiger partial charge in [-0.1, -0.05) is 12.1 Å². The Kier molecular flexibility index (Phi) is 7.46. The van der Waals surface area contributed by atoms with E-state index in [4.69, 9.17) is 0 Å². The summed E-state index contributed by atoms with van der Waals surface area (Å²) in [5, 5.41) is 2.77. The molecule has 0 spiro atoms. The van der Waals surface area contributed by atoms with Crippen molar-refractivity contribution in [2.24, 2.45) is 4.99 Å². The number of aliphatic imine (C=N–C) groups is 1. The lowest BCUT2D eigenvalue weighted by atomic mass is 10.0. The number of carbonyl (C=O) groups excluding carboxylic acids is 3. The van der Waals surface area contributed by atoms with Crippen LogP contribution in [0.2, 0.25) is 0 Å². The third-order valence-corrected chi connectivity index (χ3v) is 6.93. The molecular weight excluding hydrogens is 516 g/mol. The molecule has 2 heterocycles. The largest absolute Gasteiger partial charge is 0.326 e. The smallest absolute Gasteiger partial charge is 0.261 e. The molecule has 2 aliphatic rings. The molecule has 9 heteroatoms. The number of aryl methyl sites for hydroxylation is 1. The maximum atomic E-state index is 13.6. The molecule has 1 amide bonds. The first-order valence-electron chi connectivity index (χ1n) is 12.8. The van der Waals surface area contributed by atoms with Gasteiger partial charge in [0, 0.05) is 55.1 Å². The van der Waals surface area contributed by atoms with E-state index in [-0.39, 0.29) is 30.7 Å². The molecule has 0 saturated carbocycles. The van der Waals surface area contributed by atoms with Crippen LogP contribution in [0.3, 0.4) is 0 Å². The van der Waals surface area contributed by atoms with Crippen molar-refractivity contribution in [3.63, 3.8) is 0 Å². The molecule has 0 radical (unpaired) electrons. The number of benzene rings is 2. The van der Waals surface area contributed by atoms with Crippen LogP contribution >= 0.6 is 0 Å². The van der Waals surface area contributed by atoms with Gasteiger partial charge in [0.2, 0.25) is 5.91 Å². The van der Waals surface area contributed by atoms with E-state index in [0.29, 0.717) is 35.4 Å². The van der Waals surface area contributed by atoms with Crippen LogP contribution in [0.25, 0.3) is 5.57 Å². The van der Waals surface area contributed by atoms with Crippen molar-refractivity contribution in [3.8, 4) is 0 Å². The average Bonchev–Trinajstić information content (AvgIpc) is 3.55. The van der Waals surface area contributed by atoms with Crippen LogP contribution in [-0.2, 0) is 22.6 Å². The summed E-state index contributed by atoms with van der Waals surface area (Å²) >= 11 is 0. The quantitative estimate of drug-likeness (QED) is 0.322. The number of fused-ring (bicyclic) bond motifs is 1. The van der Waals surface area contributed by atoms with Crippen molar-refractivity contribution in [1.29, 1.82) is 0 Å². The SMILES string of the molecule is Cc1ccc(C(=O)CCC(=O)Nc2ccc3c(c2)/C(=C/C2=CN=CC2)C(=O)C3)c(=O)n1Cc1ccc(F)c(F)c1. The molecule has 40 heavy (non-hydrogen) atoms. The Morgan fingerprint density at radius 1 is 1.02 bits per heavy atom. The van der Waals surface area contributed by atoms with E-state index in [1.54, 1.807) is 43.6 Å². The molecule has 0 atom stereocenters. The summed E-state index contributed by atoms with van der Waals surface area (Å²) in [7, 11) is 0. The van der Waals surface area contributed by atoms with Gasteiger partial charge in [0.05, 0.1) is 12.1 Å². The predicted octanol–water partition coefficient (Wildman–Crippen LogP) is 4.95. The zero-order valence-electron chi connectivity index (χ0n) is 21.7. The second kappa shape index (κ2) is 11.1. The molecule has 1 aromatic heterocycles. The Hall–Kier alpha value is -4.79. The molecule has 0 saturated heterocycles. The summed E-state index contributed by atoms with van der Waals surface area (Å²) in [6, 6.07) is 11.6. The van der Waals surface area contributed by atoms with E-state index in [9.17, 15) is 28.0 Å². The number of aromatic nitrogens is 1. The van der Waals surface area contributed by atoms with Crippen molar-refractivity contribution in [2.45, 2.75) is 39.2 Å². The minimum absolute atomic E-state index is 0.00481. The first-order valence-corrected chi connectivity index (χ1v) is 12.8. The molecular formula is C31H25F2N3O4. The summed E-state index contributed by atoms with van der Waals surface area (Å²) < 4.78 is 28.2.